The van der Waals surface area contributed by atoms with Crippen molar-refractivity contribution in [2.75, 3.05) is 20.3 Å². The summed E-state index contributed by atoms with van der Waals surface area (Å²) in [5, 5.41) is 11.7. The van der Waals surface area contributed by atoms with Gasteiger partial charge in [-0.3, -0.25) is 4.79 Å². The first-order valence-electron chi connectivity index (χ1n) is 12.8. The standard InChI is InChI=1S/C28H33N3O5.C2H2/c1-35-17-5-8-26-30-24-18-21(11-14-25(24)31(26)22-6-3-2-4-7-22)28(34)29-16-15-20-9-12-23(13-10-20)36-19-27(32)33;1-2/h5,9-14,17-18,22H,2-4,6-8,15-16,19H2,1H3,(H,29,34)(H,32,33);1-2H/b17-5-;. The lowest BCUT2D eigenvalue weighted by Gasteiger charge is -2.25. The molecule has 2 aromatic carbocycles. The molecule has 8 heteroatoms. The maximum atomic E-state index is 12.8. The quantitative estimate of drug-likeness (QED) is 0.276. The Hall–Kier alpha value is -4.25. The first-order valence-corrected chi connectivity index (χ1v) is 12.8. The number of nitrogens with zero attached hydrogens (tertiary/aromatic N) is 2. The number of nitrogens with one attached hydrogen (secondary N) is 1. The normalized spacial score (nSPS) is 13.6. The zero-order valence-corrected chi connectivity index (χ0v) is 21.8. The fourth-order valence-corrected chi connectivity index (χ4v) is 4.75. The summed E-state index contributed by atoms with van der Waals surface area (Å²) in [5.41, 5.74) is 3.52. The van der Waals surface area contributed by atoms with Crippen LogP contribution in [0.3, 0.4) is 0 Å². The topological polar surface area (TPSA) is 103 Å². The molecule has 0 unspecified atom stereocenters. The minimum absolute atomic E-state index is 0.133. The van der Waals surface area contributed by atoms with Crippen LogP contribution >= 0.6 is 0 Å². The maximum Gasteiger partial charge on any atom is 0.341 e. The van der Waals surface area contributed by atoms with Gasteiger partial charge in [0.2, 0.25) is 0 Å². The van der Waals surface area contributed by atoms with Gasteiger partial charge in [0.25, 0.3) is 5.91 Å². The van der Waals surface area contributed by atoms with Crippen LogP contribution in [0.25, 0.3) is 11.0 Å². The number of carboxylic acids is 1. The van der Waals surface area contributed by atoms with E-state index in [4.69, 9.17) is 19.6 Å². The summed E-state index contributed by atoms with van der Waals surface area (Å²) >= 11 is 0. The van der Waals surface area contributed by atoms with Gasteiger partial charge in [-0.2, -0.15) is 0 Å². The van der Waals surface area contributed by atoms with Crippen molar-refractivity contribution in [3.63, 3.8) is 0 Å². The molecule has 1 aliphatic rings. The van der Waals surface area contributed by atoms with Gasteiger partial charge in [0.05, 0.1) is 24.4 Å². The van der Waals surface area contributed by atoms with Crippen molar-refractivity contribution < 1.29 is 24.2 Å². The van der Waals surface area contributed by atoms with Crippen LogP contribution in [0.5, 0.6) is 5.75 Å². The van der Waals surface area contributed by atoms with Gasteiger partial charge in [-0.05, 0) is 61.2 Å². The van der Waals surface area contributed by atoms with E-state index in [1.54, 1.807) is 25.5 Å². The molecule has 200 valence electrons. The third-order valence-corrected chi connectivity index (χ3v) is 6.48. The largest absolute Gasteiger partial charge is 0.505 e. The van der Waals surface area contributed by atoms with E-state index >= 15 is 0 Å². The van der Waals surface area contributed by atoms with Crippen LogP contribution in [0.4, 0.5) is 0 Å². The highest BCUT2D eigenvalue weighted by atomic mass is 16.5. The number of hydrogen-bond acceptors (Lipinski definition) is 5. The molecule has 8 nitrogen and oxygen atoms in total. The minimum atomic E-state index is -1.01. The molecule has 1 aromatic heterocycles. The van der Waals surface area contributed by atoms with Crippen LogP contribution < -0.4 is 10.1 Å². The van der Waals surface area contributed by atoms with Crippen LogP contribution in [-0.2, 0) is 22.4 Å². The number of terminal acetylenes is 1. The predicted octanol–water partition coefficient (Wildman–Crippen LogP) is 4.93. The molecule has 38 heavy (non-hydrogen) atoms. The third kappa shape index (κ3) is 7.62. The molecule has 2 N–H and O–H groups in total. The molecule has 1 fully saturated rings. The van der Waals surface area contributed by atoms with E-state index < -0.39 is 5.97 Å². The number of fused-ring (bicyclic) bond motifs is 1. The van der Waals surface area contributed by atoms with E-state index in [2.05, 4.69) is 22.7 Å². The van der Waals surface area contributed by atoms with E-state index in [1.165, 1.54) is 19.3 Å². The number of hydrogen-bond donors (Lipinski definition) is 2. The first-order chi connectivity index (χ1) is 18.5. The average molecular weight is 518 g/mol. The van der Waals surface area contributed by atoms with Crippen molar-refractivity contribution in [2.24, 2.45) is 0 Å². The van der Waals surface area contributed by atoms with Gasteiger partial charge in [0.15, 0.2) is 6.61 Å². The van der Waals surface area contributed by atoms with E-state index in [0.717, 1.165) is 35.3 Å². The minimum Gasteiger partial charge on any atom is -0.505 e. The molecule has 1 saturated carbocycles. The summed E-state index contributed by atoms with van der Waals surface area (Å²) in [7, 11) is 1.64. The number of rotatable bonds is 11. The molecular weight excluding hydrogens is 482 g/mol. The number of allylic oxidation sites excluding steroid dienone is 1. The number of imidazole rings is 1. The monoisotopic (exact) mass is 517 g/mol. The number of carbonyl (C=O) groups excluding carboxylic acids is 1. The first kappa shape index (κ1) is 28.3. The van der Waals surface area contributed by atoms with Gasteiger partial charge in [-0.1, -0.05) is 31.4 Å². The fraction of sp³-hybridized carbons (Fsp3) is 0.367. The van der Waals surface area contributed by atoms with Crippen molar-refractivity contribution in [3.8, 4) is 18.6 Å². The lowest BCUT2D eigenvalue weighted by molar-refractivity contribution is -0.139. The molecule has 0 saturated heterocycles. The van der Waals surface area contributed by atoms with E-state index in [1.807, 2.05) is 36.4 Å². The molecule has 1 aliphatic carbocycles. The van der Waals surface area contributed by atoms with Gasteiger partial charge in [0.1, 0.15) is 11.6 Å². The lowest BCUT2D eigenvalue weighted by Crippen LogP contribution is -2.25. The second-order valence-electron chi connectivity index (χ2n) is 9.04. The highest BCUT2D eigenvalue weighted by molar-refractivity contribution is 5.97. The Morgan fingerprint density at radius 2 is 1.87 bits per heavy atom. The molecule has 0 aliphatic heterocycles. The van der Waals surface area contributed by atoms with Gasteiger partial charge in [-0.15, -0.1) is 12.8 Å². The number of amides is 1. The Labute approximate surface area is 223 Å². The van der Waals surface area contributed by atoms with Crippen LogP contribution in [-0.4, -0.2) is 46.8 Å². The number of benzene rings is 2. The molecule has 3 aromatic rings. The average Bonchev–Trinajstić information content (AvgIpc) is 3.31. The molecule has 1 amide bonds. The SMILES string of the molecule is C#C.CO/C=C\Cc1nc2cc(C(=O)NCCc3ccc(OCC(=O)O)cc3)ccc2n1C1CCCCC1. The zero-order valence-electron chi connectivity index (χ0n) is 21.8. The molecule has 4 rings (SSSR count). The Bertz CT molecular complexity index is 1250. The summed E-state index contributed by atoms with van der Waals surface area (Å²) < 4.78 is 12.6. The highest BCUT2D eigenvalue weighted by Gasteiger charge is 2.21. The summed E-state index contributed by atoms with van der Waals surface area (Å²) in [6.45, 7) is 0.111. The van der Waals surface area contributed by atoms with Gasteiger partial charge < -0.3 is 24.5 Å². The van der Waals surface area contributed by atoms with Crippen LogP contribution in [0, 0.1) is 12.8 Å². The highest BCUT2D eigenvalue weighted by Crippen LogP contribution is 2.33. The molecule has 0 bridgehead atoms. The second kappa shape index (κ2) is 14.5. The van der Waals surface area contributed by atoms with Gasteiger partial charge in [-0.25, -0.2) is 9.78 Å². The summed E-state index contributed by atoms with van der Waals surface area (Å²) in [5.74, 6) is 0.355. The van der Waals surface area contributed by atoms with E-state index in [0.29, 0.717) is 36.7 Å². The van der Waals surface area contributed by atoms with E-state index in [-0.39, 0.29) is 12.5 Å². The maximum absolute atomic E-state index is 12.8. The Morgan fingerprint density at radius 1 is 1.13 bits per heavy atom. The van der Waals surface area contributed by atoms with Crippen molar-refractivity contribution >= 4 is 22.9 Å². The Balaban J connectivity index is 0.00000195. The second-order valence-corrected chi connectivity index (χ2v) is 9.04. The van der Waals surface area contributed by atoms with Crippen molar-refractivity contribution in [1.29, 1.82) is 0 Å². The van der Waals surface area contributed by atoms with Crippen molar-refractivity contribution in [3.05, 3.63) is 71.8 Å². The van der Waals surface area contributed by atoms with Gasteiger partial charge in [0, 0.05) is 24.6 Å². The Kier molecular flexibility index (Phi) is 10.8. The number of aliphatic carboxylic acids is 1. The lowest BCUT2D eigenvalue weighted by atomic mass is 9.95. The summed E-state index contributed by atoms with van der Waals surface area (Å²) in [4.78, 5) is 28.3. The van der Waals surface area contributed by atoms with Gasteiger partial charge >= 0.3 is 5.97 Å². The molecule has 0 spiro atoms. The number of carboxylic acid groups (broad SMARTS) is 1. The molecule has 0 radical (unpaired) electrons. The zero-order chi connectivity index (χ0) is 27.3. The predicted molar refractivity (Wildman–Crippen MR) is 147 cm³/mol. The number of aromatic nitrogens is 2. The molecular formula is C30H35N3O5. The number of methoxy groups -OCH3 is 1. The van der Waals surface area contributed by atoms with Crippen LogP contribution in [0.1, 0.15) is 59.9 Å². The van der Waals surface area contributed by atoms with E-state index in [9.17, 15) is 9.59 Å². The Morgan fingerprint density at radius 3 is 2.55 bits per heavy atom. The molecule has 1 heterocycles. The van der Waals surface area contributed by atoms with Crippen molar-refractivity contribution in [2.45, 2.75) is 51.0 Å². The van der Waals surface area contributed by atoms with Crippen LogP contribution in [0.15, 0.2) is 54.8 Å². The molecule has 0 atom stereocenters. The smallest absolute Gasteiger partial charge is 0.341 e. The van der Waals surface area contributed by atoms with Crippen molar-refractivity contribution in [1.82, 2.24) is 14.9 Å². The third-order valence-electron chi connectivity index (χ3n) is 6.48. The number of ether oxygens (including phenoxy) is 2. The van der Waals surface area contributed by atoms with Crippen LogP contribution in [0.2, 0.25) is 0 Å². The fourth-order valence-electron chi connectivity index (χ4n) is 4.75. The number of carbonyl (C=O) groups is 2. The summed E-state index contributed by atoms with van der Waals surface area (Å²) in [6.07, 6.45) is 19.0. The summed E-state index contributed by atoms with van der Waals surface area (Å²) in [6, 6.07) is 13.4.